The van der Waals surface area contributed by atoms with Crippen LogP contribution >= 0.6 is 11.3 Å². The first-order valence-electron chi connectivity index (χ1n) is 7.10. The van der Waals surface area contributed by atoms with E-state index in [0.717, 1.165) is 35.4 Å². The number of benzene rings is 1. The van der Waals surface area contributed by atoms with Crippen LogP contribution in [0.1, 0.15) is 17.4 Å². The van der Waals surface area contributed by atoms with Crippen molar-refractivity contribution in [2.24, 2.45) is 0 Å². The predicted octanol–water partition coefficient (Wildman–Crippen LogP) is 3.49. The number of anilines is 2. The lowest BCUT2D eigenvalue weighted by Crippen LogP contribution is -2.08. The molecule has 3 N–H and O–H groups in total. The van der Waals surface area contributed by atoms with E-state index in [1.807, 2.05) is 6.07 Å². The quantitative estimate of drug-likeness (QED) is 0.757. The van der Waals surface area contributed by atoms with E-state index in [2.05, 4.69) is 52.5 Å². The summed E-state index contributed by atoms with van der Waals surface area (Å²) in [6.45, 7) is 2.97. The molecule has 0 radical (unpaired) electrons. The van der Waals surface area contributed by atoms with Crippen molar-refractivity contribution < 1.29 is 0 Å². The van der Waals surface area contributed by atoms with Gasteiger partial charge in [-0.1, -0.05) is 37.3 Å². The molecule has 2 heterocycles. The summed E-state index contributed by atoms with van der Waals surface area (Å²) in [6.07, 6.45) is 1.96. The van der Waals surface area contributed by atoms with E-state index >= 15 is 0 Å². The lowest BCUT2D eigenvalue weighted by atomic mass is 10.1. The molecule has 0 saturated carbocycles. The smallest absolute Gasteiger partial charge is 0.223 e. The summed E-state index contributed by atoms with van der Waals surface area (Å²) < 4.78 is 0. The molecule has 0 aliphatic rings. The highest BCUT2D eigenvalue weighted by Crippen LogP contribution is 2.29. The van der Waals surface area contributed by atoms with Gasteiger partial charge >= 0.3 is 0 Å². The summed E-state index contributed by atoms with van der Waals surface area (Å²) in [5.41, 5.74) is 7.11. The minimum atomic E-state index is 0.328. The fourth-order valence-corrected chi connectivity index (χ4v) is 3.24. The number of aryl methyl sites for hydroxylation is 1. The maximum Gasteiger partial charge on any atom is 0.223 e. The van der Waals surface area contributed by atoms with E-state index in [9.17, 15) is 0 Å². The Morgan fingerprint density at radius 1 is 1.19 bits per heavy atom. The SMILES string of the molecule is CCc1cc2c(NCCc3ccccc3)nc(N)nc2s1. The van der Waals surface area contributed by atoms with Crippen LogP contribution in [0.3, 0.4) is 0 Å². The molecule has 2 aromatic heterocycles. The Hall–Kier alpha value is -2.14. The second-order valence-electron chi connectivity index (χ2n) is 4.88. The number of nitrogens with one attached hydrogen (secondary N) is 1. The van der Waals surface area contributed by atoms with Gasteiger partial charge in [0.2, 0.25) is 5.95 Å². The summed E-state index contributed by atoms with van der Waals surface area (Å²) in [7, 11) is 0. The number of thiophene rings is 1. The standard InChI is InChI=1S/C16H18N4S/c1-2-12-10-13-14(19-16(17)20-15(13)21-12)18-9-8-11-6-4-3-5-7-11/h3-7,10H,2,8-9H2,1H3,(H3,17,18,19,20). The van der Waals surface area contributed by atoms with Gasteiger partial charge < -0.3 is 11.1 Å². The van der Waals surface area contributed by atoms with Gasteiger partial charge in [-0.2, -0.15) is 4.98 Å². The molecular weight excluding hydrogens is 280 g/mol. The monoisotopic (exact) mass is 298 g/mol. The maximum absolute atomic E-state index is 5.80. The Kier molecular flexibility index (Phi) is 4.01. The largest absolute Gasteiger partial charge is 0.369 e. The molecule has 0 bridgehead atoms. The van der Waals surface area contributed by atoms with Gasteiger partial charge in [0.1, 0.15) is 10.6 Å². The van der Waals surface area contributed by atoms with Crippen molar-refractivity contribution >= 4 is 33.3 Å². The summed E-state index contributed by atoms with van der Waals surface area (Å²) in [5.74, 6) is 1.17. The molecule has 5 heteroatoms. The van der Waals surface area contributed by atoms with Crippen molar-refractivity contribution in [2.75, 3.05) is 17.6 Å². The van der Waals surface area contributed by atoms with E-state index in [-0.39, 0.29) is 0 Å². The number of hydrogen-bond donors (Lipinski definition) is 2. The second-order valence-corrected chi connectivity index (χ2v) is 5.99. The average molecular weight is 298 g/mol. The Morgan fingerprint density at radius 2 is 2.00 bits per heavy atom. The van der Waals surface area contributed by atoms with Crippen molar-refractivity contribution in [2.45, 2.75) is 19.8 Å². The molecule has 0 atom stereocenters. The number of nitrogen functional groups attached to an aromatic ring is 1. The van der Waals surface area contributed by atoms with Crippen LogP contribution in [-0.4, -0.2) is 16.5 Å². The van der Waals surface area contributed by atoms with Crippen LogP contribution in [0.4, 0.5) is 11.8 Å². The normalized spacial score (nSPS) is 10.9. The Balaban J connectivity index is 1.78. The van der Waals surface area contributed by atoms with Gasteiger partial charge in [0.15, 0.2) is 0 Å². The van der Waals surface area contributed by atoms with Crippen molar-refractivity contribution in [3.8, 4) is 0 Å². The molecule has 0 aliphatic carbocycles. The molecule has 108 valence electrons. The van der Waals surface area contributed by atoms with E-state index in [1.54, 1.807) is 11.3 Å². The minimum Gasteiger partial charge on any atom is -0.369 e. The lowest BCUT2D eigenvalue weighted by molar-refractivity contribution is 1.01. The Bertz CT molecular complexity index is 737. The summed E-state index contributed by atoms with van der Waals surface area (Å²) >= 11 is 1.68. The van der Waals surface area contributed by atoms with Crippen LogP contribution in [0.15, 0.2) is 36.4 Å². The van der Waals surface area contributed by atoms with Crippen molar-refractivity contribution in [3.05, 3.63) is 46.8 Å². The van der Waals surface area contributed by atoms with Gasteiger partial charge in [0, 0.05) is 11.4 Å². The van der Waals surface area contributed by atoms with Crippen LogP contribution < -0.4 is 11.1 Å². The van der Waals surface area contributed by atoms with Gasteiger partial charge in [-0.05, 0) is 24.5 Å². The molecule has 0 fully saturated rings. The van der Waals surface area contributed by atoms with E-state index in [4.69, 9.17) is 5.73 Å². The predicted molar refractivity (Wildman–Crippen MR) is 89.8 cm³/mol. The third kappa shape index (κ3) is 3.13. The fraction of sp³-hybridized carbons (Fsp3) is 0.250. The molecular formula is C16H18N4S. The highest BCUT2D eigenvalue weighted by atomic mass is 32.1. The molecule has 0 spiro atoms. The van der Waals surface area contributed by atoms with Crippen molar-refractivity contribution in [3.63, 3.8) is 0 Å². The van der Waals surface area contributed by atoms with Gasteiger partial charge in [0.05, 0.1) is 5.39 Å². The Morgan fingerprint density at radius 3 is 2.76 bits per heavy atom. The number of nitrogens with two attached hydrogens (primary N) is 1. The van der Waals surface area contributed by atoms with Crippen LogP contribution in [0.5, 0.6) is 0 Å². The molecule has 21 heavy (non-hydrogen) atoms. The third-order valence-corrected chi connectivity index (χ3v) is 4.53. The summed E-state index contributed by atoms with van der Waals surface area (Å²) in [5, 5.41) is 4.46. The number of nitrogens with zero attached hydrogens (tertiary/aromatic N) is 2. The van der Waals surface area contributed by atoms with Crippen LogP contribution in [0, 0.1) is 0 Å². The number of fused-ring (bicyclic) bond motifs is 1. The molecule has 0 aliphatic heterocycles. The maximum atomic E-state index is 5.80. The molecule has 0 unspecified atom stereocenters. The molecule has 4 nitrogen and oxygen atoms in total. The first kappa shape index (κ1) is 13.8. The highest BCUT2D eigenvalue weighted by Gasteiger charge is 2.09. The van der Waals surface area contributed by atoms with Crippen LogP contribution in [-0.2, 0) is 12.8 Å². The van der Waals surface area contributed by atoms with Gasteiger partial charge in [-0.3, -0.25) is 0 Å². The van der Waals surface area contributed by atoms with E-state index in [1.165, 1.54) is 10.4 Å². The zero-order valence-corrected chi connectivity index (χ0v) is 12.8. The zero-order chi connectivity index (χ0) is 14.7. The average Bonchev–Trinajstić information content (AvgIpc) is 2.91. The molecule has 0 amide bonds. The summed E-state index contributed by atoms with van der Waals surface area (Å²) in [4.78, 5) is 10.9. The van der Waals surface area contributed by atoms with Gasteiger partial charge in [-0.25, -0.2) is 4.98 Å². The summed E-state index contributed by atoms with van der Waals surface area (Å²) in [6, 6.07) is 12.6. The first-order valence-corrected chi connectivity index (χ1v) is 7.91. The molecule has 1 aromatic carbocycles. The topological polar surface area (TPSA) is 63.8 Å². The second kappa shape index (κ2) is 6.10. The number of hydrogen-bond acceptors (Lipinski definition) is 5. The first-order chi connectivity index (χ1) is 10.3. The molecule has 3 rings (SSSR count). The third-order valence-electron chi connectivity index (χ3n) is 3.36. The zero-order valence-electron chi connectivity index (χ0n) is 12.0. The van der Waals surface area contributed by atoms with Crippen LogP contribution in [0.2, 0.25) is 0 Å². The van der Waals surface area contributed by atoms with E-state index < -0.39 is 0 Å². The lowest BCUT2D eigenvalue weighted by Gasteiger charge is -2.07. The molecule has 0 saturated heterocycles. The molecule has 3 aromatic rings. The van der Waals surface area contributed by atoms with Crippen LogP contribution in [0.25, 0.3) is 10.2 Å². The minimum absolute atomic E-state index is 0.328. The number of rotatable bonds is 5. The van der Waals surface area contributed by atoms with E-state index in [0.29, 0.717) is 5.95 Å². The Labute approximate surface area is 128 Å². The number of aromatic nitrogens is 2. The van der Waals surface area contributed by atoms with Crippen molar-refractivity contribution in [1.29, 1.82) is 0 Å². The highest BCUT2D eigenvalue weighted by molar-refractivity contribution is 7.18. The van der Waals surface area contributed by atoms with Crippen molar-refractivity contribution in [1.82, 2.24) is 9.97 Å². The fourth-order valence-electron chi connectivity index (χ4n) is 2.27. The van der Waals surface area contributed by atoms with Gasteiger partial charge in [0.25, 0.3) is 0 Å². The van der Waals surface area contributed by atoms with Gasteiger partial charge in [-0.15, -0.1) is 11.3 Å².